The lowest BCUT2D eigenvalue weighted by atomic mass is 10.2. The van der Waals surface area contributed by atoms with Crippen molar-refractivity contribution >= 4 is 34.8 Å². The Morgan fingerprint density at radius 1 is 1.12 bits per heavy atom. The van der Waals surface area contributed by atoms with E-state index in [1.807, 2.05) is 6.92 Å². The highest BCUT2D eigenvalue weighted by molar-refractivity contribution is 6.35. The van der Waals surface area contributed by atoms with E-state index in [0.29, 0.717) is 38.4 Å². The van der Waals surface area contributed by atoms with E-state index in [0.717, 1.165) is 0 Å². The third-order valence-electron chi connectivity index (χ3n) is 5.02. The zero-order valence-corrected chi connectivity index (χ0v) is 19.4. The Morgan fingerprint density at radius 3 is 2.67 bits per heavy atom. The summed E-state index contributed by atoms with van der Waals surface area (Å²) in [5.74, 6) is -0.241. The maximum Gasteiger partial charge on any atom is 0.276 e. The average Bonchev–Trinajstić information content (AvgIpc) is 3.35. The number of hydrogen-bond acceptors (Lipinski definition) is 4. The minimum absolute atomic E-state index is 0.0628. The molecule has 0 bridgehead atoms. The summed E-state index contributed by atoms with van der Waals surface area (Å²) in [7, 11) is 0. The number of nitrogens with one attached hydrogen (secondary N) is 1. The molecule has 7 nitrogen and oxygen atoms in total. The van der Waals surface area contributed by atoms with Crippen molar-refractivity contribution in [2.45, 2.75) is 27.1 Å². The first-order valence-corrected chi connectivity index (χ1v) is 10.8. The molecule has 1 amide bonds. The average molecular weight is 488 g/mol. The van der Waals surface area contributed by atoms with E-state index in [9.17, 15) is 9.18 Å². The third-order valence-corrected chi connectivity index (χ3v) is 5.55. The Morgan fingerprint density at radius 2 is 1.91 bits per heavy atom. The van der Waals surface area contributed by atoms with Crippen molar-refractivity contribution in [1.29, 1.82) is 0 Å². The molecular formula is C23H20Cl2FN5O2. The predicted molar refractivity (Wildman–Crippen MR) is 124 cm³/mol. The third kappa shape index (κ3) is 5.18. The molecule has 0 spiro atoms. The maximum atomic E-state index is 14.0. The van der Waals surface area contributed by atoms with Crippen molar-refractivity contribution in [3.05, 3.63) is 93.2 Å². The van der Waals surface area contributed by atoms with E-state index in [2.05, 4.69) is 15.5 Å². The summed E-state index contributed by atoms with van der Waals surface area (Å²) in [5.41, 5.74) is 2.62. The second-order valence-electron chi connectivity index (χ2n) is 7.34. The molecular weight excluding hydrogens is 468 g/mol. The lowest BCUT2D eigenvalue weighted by molar-refractivity contribution is 0.102. The maximum absolute atomic E-state index is 14.0. The van der Waals surface area contributed by atoms with Gasteiger partial charge in [0.15, 0.2) is 12.4 Å². The summed E-state index contributed by atoms with van der Waals surface area (Å²) in [6.45, 7) is 3.92. The van der Waals surface area contributed by atoms with Crippen LogP contribution in [0.5, 0.6) is 5.75 Å². The molecule has 0 fully saturated rings. The molecule has 0 aliphatic heterocycles. The van der Waals surface area contributed by atoms with E-state index in [4.69, 9.17) is 27.9 Å². The first-order valence-electron chi connectivity index (χ1n) is 10.0. The van der Waals surface area contributed by atoms with Crippen LogP contribution in [0, 0.1) is 19.7 Å². The van der Waals surface area contributed by atoms with Gasteiger partial charge in [-0.2, -0.15) is 10.2 Å². The normalized spacial score (nSPS) is 10.9. The predicted octanol–water partition coefficient (Wildman–Crippen LogP) is 5.48. The van der Waals surface area contributed by atoms with Crippen LogP contribution in [-0.4, -0.2) is 25.5 Å². The highest BCUT2D eigenvalue weighted by Crippen LogP contribution is 2.27. The number of halogens is 3. The summed E-state index contributed by atoms with van der Waals surface area (Å²) in [6, 6.07) is 13.0. The lowest BCUT2D eigenvalue weighted by Crippen LogP contribution is -2.15. The van der Waals surface area contributed by atoms with Gasteiger partial charge in [-0.15, -0.1) is 0 Å². The number of nitrogens with zero attached hydrogens (tertiary/aromatic N) is 4. The molecule has 2 aromatic carbocycles. The van der Waals surface area contributed by atoms with Crippen molar-refractivity contribution in [1.82, 2.24) is 19.6 Å². The highest BCUT2D eigenvalue weighted by Gasteiger charge is 2.18. The van der Waals surface area contributed by atoms with Gasteiger partial charge < -0.3 is 10.1 Å². The Bertz CT molecular complexity index is 1320. The fraction of sp³-hybridized carbons (Fsp3) is 0.174. The van der Waals surface area contributed by atoms with E-state index >= 15 is 0 Å². The fourth-order valence-corrected chi connectivity index (χ4v) is 3.74. The molecule has 2 aromatic heterocycles. The summed E-state index contributed by atoms with van der Waals surface area (Å²) < 4.78 is 22.8. The van der Waals surface area contributed by atoms with Crippen molar-refractivity contribution in [2.75, 3.05) is 5.32 Å². The number of carbonyl (C=O) groups excluding carboxylic acids is 1. The first-order chi connectivity index (χ1) is 15.8. The van der Waals surface area contributed by atoms with E-state index in [1.165, 1.54) is 10.7 Å². The van der Waals surface area contributed by atoms with Crippen molar-refractivity contribution in [2.24, 2.45) is 0 Å². The lowest BCUT2D eigenvalue weighted by Gasteiger charge is -2.08. The van der Waals surface area contributed by atoms with Crippen LogP contribution in [0.25, 0.3) is 0 Å². The standard InChI is InChI=1S/C23H20Cl2FN5O2/c1-14-22(15(2)31(28-14)12-16-5-3-4-6-19(16)26)27-23(32)20-9-10-30(29-20)13-33-21-8-7-17(24)11-18(21)25/h3-11H,12-13H2,1-2H3,(H,27,32). The molecule has 0 aliphatic rings. The van der Waals surface area contributed by atoms with Crippen LogP contribution in [0.3, 0.4) is 0 Å². The van der Waals surface area contributed by atoms with Crippen molar-refractivity contribution in [3.8, 4) is 5.75 Å². The molecule has 4 rings (SSSR count). The Balaban J connectivity index is 1.43. The van der Waals surface area contributed by atoms with Crippen LogP contribution in [0.4, 0.5) is 10.1 Å². The molecule has 1 N–H and O–H groups in total. The van der Waals surface area contributed by atoms with Crippen LogP contribution in [0.2, 0.25) is 10.0 Å². The Hall–Kier alpha value is -3.36. The van der Waals surface area contributed by atoms with Gasteiger partial charge in [0.05, 0.1) is 28.6 Å². The van der Waals surface area contributed by atoms with Gasteiger partial charge in [0.1, 0.15) is 11.6 Å². The topological polar surface area (TPSA) is 74.0 Å². The summed E-state index contributed by atoms with van der Waals surface area (Å²) in [5, 5.41) is 12.4. The number of hydrogen-bond donors (Lipinski definition) is 1. The van der Waals surface area contributed by atoms with Gasteiger partial charge in [0, 0.05) is 16.8 Å². The SMILES string of the molecule is Cc1nn(Cc2ccccc2F)c(C)c1NC(=O)c1ccn(COc2ccc(Cl)cc2Cl)n1. The number of carbonyl (C=O) groups is 1. The van der Waals surface area contributed by atoms with Gasteiger partial charge in [-0.25, -0.2) is 9.07 Å². The van der Waals surface area contributed by atoms with Crippen LogP contribution >= 0.6 is 23.2 Å². The smallest absolute Gasteiger partial charge is 0.276 e. The second kappa shape index (κ2) is 9.64. The van der Waals surface area contributed by atoms with Crippen LogP contribution < -0.4 is 10.1 Å². The van der Waals surface area contributed by atoms with Crippen LogP contribution in [0.15, 0.2) is 54.7 Å². The molecule has 2 heterocycles. The summed E-state index contributed by atoms with van der Waals surface area (Å²) >= 11 is 12.0. The summed E-state index contributed by atoms with van der Waals surface area (Å²) in [6.07, 6.45) is 1.63. The van der Waals surface area contributed by atoms with Crippen molar-refractivity contribution in [3.63, 3.8) is 0 Å². The van der Waals surface area contributed by atoms with Gasteiger partial charge in [0.25, 0.3) is 5.91 Å². The number of aromatic nitrogens is 4. The van der Waals surface area contributed by atoms with Crippen LogP contribution in [-0.2, 0) is 13.3 Å². The van der Waals surface area contributed by atoms with Crippen LogP contribution in [0.1, 0.15) is 27.4 Å². The summed E-state index contributed by atoms with van der Waals surface area (Å²) in [4.78, 5) is 12.8. The van der Waals surface area contributed by atoms with E-state index < -0.39 is 5.91 Å². The number of benzene rings is 2. The minimum atomic E-state index is -0.394. The van der Waals surface area contributed by atoms with E-state index in [1.54, 1.807) is 60.3 Å². The molecule has 0 unspecified atom stereocenters. The largest absolute Gasteiger partial charge is 0.470 e. The zero-order valence-electron chi connectivity index (χ0n) is 17.8. The van der Waals surface area contributed by atoms with Gasteiger partial charge in [-0.1, -0.05) is 41.4 Å². The number of ether oxygens (including phenoxy) is 1. The Labute approximate surface area is 199 Å². The highest BCUT2D eigenvalue weighted by atomic mass is 35.5. The molecule has 0 radical (unpaired) electrons. The number of aryl methyl sites for hydroxylation is 1. The molecule has 0 atom stereocenters. The van der Waals surface area contributed by atoms with Gasteiger partial charge in [0.2, 0.25) is 0 Å². The van der Waals surface area contributed by atoms with Crippen molar-refractivity contribution < 1.29 is 13.9 Å². The van der Waals surface area contributed by atoms with Gasteiger partial charge in [-0.3, -0.25) is 9.48 Å². The molecule has 4 aromatic rings. The number of rotatable bonds is 7. The Kier molecular flexibility index (Phi) is 6.67. The molecule has 0 aliphatic carbocycles. The molecule has 0 saturated carbocycles. The molecule has 33 heavy (non-hydrogen) atoms. The monoisotopic (exact) mass is 487 g/mol. The second-order valence-corrected chi connectivity index (χ2v) is 8.18. The molecule has 0 saturated heterocycles. The van der Waals surface area contributed by atoms with E-state index in [-0.39, 0.29) is 24.8 Å². The quantitative estimate of drug-likeness (QED) is 0.374. The molecule has 10 heteroatoms. The fourth-order valence-electron chi connectivity index (χ4n) is 3.28. The number of amides is 1. The minimum Gasteiger partial charge on any atom is -0.470 e. The number of anilines is 1. The molecule has 170 valence electrons. The zero-order chi connectivity index (χ0) is 23.5. The van der Waals surface area contributed by atoms with Gasteiger partial charge >= 0.3 is 0 Å². The first kappa shape index (κ1) is 22.8. The van der Waals surface area contributed by atoms with Gasteiger partial charge in [-0.05, 0) is 44.2 Å².